The van der Waals surface area contributed by atoms with Crippen molar-refractivity contribution in [2.45, 2.75) is 19.8 Å². The average molecular weight is 217 g/mol. The maximum absolute atomic E-state index is 11.0. The molecule has 0 saturated carbocycles. The molecule has 0 aliphatic rings. The third-order valence-electron chi connectivity index (χ3n) is 2.81. The lowest BCUT2D eigenvalue weighted by molar-refractivity contribution is 0.112. The minimum atomic E-state index is 0.369. The van der Waals surface area contributed by atoms with Crippen molar-refractivity contribution in [3.05, 3.63) is 29.5 Å². The van der Waals surface area contributed by atoms with Crippen LogP contribution in [-0.4, -0.2) is 18.4 Å². The van der Waals surface area contributed by atoms with Gasteiger partial charge in [0.25, 0.3) is 0 Å². The molecule has 0 aliphatic carbocycles. The Hall–Kier alpha value is -1.77. The van der Waals surface area contributed by atoms with E-state index in [1.54, 1.807) is 13.3 Å². The van der Waals surface area contributed by atoms with Crippen LogP contribution in [0.15, 0.2) is 18.3 Å². The zero-order valence-electron chi connectivity index (χ0n) is 9.70. The number of H-pyrrole nitrogens is 1. The van der Waals surface area contributed by atoms with Gasteiger partial charge in [-0.05, 0) is 17.5 Å². The van der Waals surface area contributed by atoms with Gasteiger partial charge in [-0.3, -0.25) is 4.79 Å². The summed E-state index contributed by atoms with van der Waals surface area (Å²) in [4.78, 5) is 14.0. The number of hydrogen-bond acceptors (Lipinski definition) is 2. The zero-order valence-corrected chi connectivity index (χ0v) is 9.70. The summed E-state index contributed by atoms with van der Waals surface area (Å²) in [5, 5.41) is 0.878. The van der Waals surface area contributed by atoms with Gasteiger partial charge >= 0.3 is 0 Å². The molecule has 0 unspecified atom stereocenters. The summed E-state index contributed by atoms with van der Waals surface area (Å²) in [5.74, 6) is 1.17. The highest BCUT2D eigenvalue weighted by molar-refractivity contribution is 6.01. The highest BCUT2D eigenvalue weighted by atomic mass is 16.5. The van der Waals surface area contributed by atoms with E-state index in [2.05, 4.69) is 18.8 Å². The predicted octanol–water partition coefficient (Wildman–Crippen LogP) is 3.11. The molecule has 16 heavy (non-hydrogen) atoms. The van der Waals surface area contributed by atoms with E-state index in [1.165, 1.54) is 0 Å². The highest BCUT2D eigenvalue weighted by Crippen LogP contribution is 2.35. The van der Waals surface area contributed by atoms with Gasteiger partial charge in [-0.25, -0.2) is 0 Å². The quantitative estimate of drug-likeness (QED) is 0.802. The second kappa shape index (κ2) is 4.00. The number of aldehydes is 1. The molecule has 1 heterocycles. The summed E-state index contributed by atoms with van der Waals surface area (Å²) in [7, 11) is 1.64. The lowest BCUT2D eigenvalue weighted by Gasteiger charge is -2.12. The van der Waals surface area contributed by atoms with Crippen molar-refractivity contribution >= 4 is 17.2 Å². The van der Waals surface area contributed by atoms with Crippen molar-refractivity contribution in [1.29, 1.82) is 0 Å². The Morgan fingerprint density at radius 2 is 2.12 bits per heavy atom. The topological polar surface area (TPSA) is 42.1 Å². The molecule has 0 amide bonds. The van der Waals surface area contributed by atoms with E-state index in [-0.39, 0.29) is 0 Å². The van der Waals surface area contributed by atoms with Crippen molar-refractivity contribution in [1.82, 2.24) is 4.98 Å². The Morgan fingerprint density at radius 3 is 2.69 bits per heavy atom. The lowest BCUT2D eigenvalue weighted by atomic mass is 9.99. The van der Waals surface area contributed by atoms with Crippen LogP contribution in [0.1, 0.15) is 35.7 Å². The molecular weight excluding hydrogens is 202 g/mol. The van der Waals surface area contributed by atoms with Gasteiger partial charge in [0.15, 0.2) is 6.29 Å². The minimum Gasteiger partial charge on any atom is -0.496 e. The van der Waals surface area contributed by atoms with E-state index in [0.29, 0.717) is 11.5 Å². The van der Waals surface area contributed by atoms with E-state index in [0.717, 1.165) is 28.5 Å². The molecule has 0 radical (unpaired) electrons. The SMILES string of the molecule is COc1c(C(C)C)ccc2[nH]cc(C=O)c12. The number of aromatic nitrogens is 1. The third-order valence-corrected chi connectivity index (χ3v) is 2.81. The molecule has 0 saturated heterocycles. The Morgan fingerprint density at radius 1 is 1.38 bits per heavy atom. The first kappa shape index (κ1) is 10.7. The number of ether oxygens (including phenoxy) is 1. The Balaban J connectivity index is 2.82. The summed E-state index contributed by atoms with van der Waals surface area (Å²) in [5.41, 5.74) is 2.70. The van der Waals surface area contributed by atoms with Gasteiger partial charge in [-0.2, -0.15) is 0 Å². The first-order valence-electron chi connectivity index (χ1n) is 5.32. The summed E-state index contributed by atoms with van der Waals surface area (Å²) in [6.07, 6.45) is 2.57. The molecular formula is C13H15NO2. The first-order chi connectivity index (χ1) is 7.69. The van der Waals surface area contributed by atoms with Gasteiger partial charge < -0.3 is 9.72 Å². The largest absolute Gasteiger partial charge is 0.496 e. The molecule has 2 aromatic rings. The van der Waals surface area contributed by atoms with Gasteiger partial charge in [-0.15, -0.1) is 0 Å². The van der Waals surface area contributed by atoms with Gasteiger partial charge in [0.2, 0.25) is 0 Å². The number of hydrogen-bond donors (Lipinski definition) is 1. The fourth-order valence-corrected chi connectivity index (χ4v) is 2.00. The van der Waals surface area contributed by atoms with Gasteiger partial charge in [0.1, 0.15) is 5.75 Å². The number of aromatic amines is 1. The number of fused-ring (bicyclic) bond motifs is 1. The van der Waals surface area contributed by atoms with Crippen molar-refractivity contribution in [2.24, 2.45) is 0 Å². The van der Waals surface area contributed by atoms with Crippen LogP contribution in [0.4, 0.5) is 0 Å². The molecule has 84 valence electrons. The van der Waals surface area contributed by atoms with Crippen LogP contribution in [0.5, 0.6) is 5.75 Å². The summed E-state index contributed by atoms with van der Waals surface area (Å²) in [6, 6.07) is 4.02. The molecule has 0 fully saturated rings. The van der Waals surface area contributed by atoms with Crippen LogP contribution in [0.2, 0.25) is 0 Å². The van der Waals surface area contributed by atoms with E-state index in [9.17, 15) is 4.79 Å². The molecule has 1 aromatic heterocycles. The van der Waals surface area contributed by atoms with Gasteiger partial charge in [-0.1, -0.05) is 19.9 Å². The van der Waals surface area contributed by atoms with Crippen LogP contribution < -0.4 is 4.74 Å². The average Bonchev–Trinajstić information content (AvgIpc) is 2.70. The number of methoxy groups -OCH3 is 1. The van der Waals surface area contributed by atoms with Crippen LogP contribution >= 0.6 is 0 Å². The number of benzene rings is 1. The molecule has 0 bridgehead atoms. The van der Waals surface area contributed by atoms with Gasteiger partial charge in [0.05, 0.1) is 12.5 Å². The van der Waals surface area contributed by atoms with E-state index in [1.807, 2.05) is 12.1 Å². The first-order valence-corrected chi connectivity index (χ1v) is 5.32. The van der Waals surface area contributed by atoms with Gasteiger partial charge in [0, 0.05) is 17.3 Å². The Kier molecular flexibility index (Phi) is 2.69. The zero-order chi connectivity index (χ0) is 11.7. The monoisotopic (exact) mass is 217 g/mol. The van der Waals surface area contributed by atoms with E-state index >= 15 is 0 Å². The van der Waals surface area contributed by atoms with Crippen molar-refractivity contribution in [3.8, 4) is 5.75 Å². The highest BCUT2D eigenvalue weighted by Gasteiger charge is 2.14. The smallest absolute Gasteiger partial charge is 0.152 e. The van der Waals surface area contributed by atoms with Crippen molar-refractivity contribution < 1.29 is 9.53 Å². The second-order valence-electron chi connectivity index (χ2n) is 4.13. The van der Waals surface area contributed by atoms with Crippen LogP contribution in [0.25, 0.3) is 10.9 Å². The summed E-state index contributed by atoms with van der Waals surface area (Å²) >= 11 is 0. The maximum Gasteiger partial charge on any atom is 0.152 e. The van der Waals surface area contributed by atoms with E-state index < -0.39 is 0 Å². The molecule has 0 aliphatic heterocycles. The van der Waals surface area contributed by atoms with Crippen LogP contribution in [0, 0.1) is 0 Å². The Bertz CT molecular complexity index is 526. The fourth-order valence-electron chi connectivity index (χ4n) is 2.00. The lowest BCUT2D eigenvalue weighted by Crippen LogP contribution is -1.95. The molecule has 2 rings (SSSR count). The number of carbonyl (C=O) groups excluding carboxylic acids is 1. The molecule has 0 atom stereocenters. The van der Waals surface area contributed by atoms with Crippen LogP contribution in [0.3, 0.4) is 0 Å². The van der Waals surface area contributed by atoms with E-state index in [4.69, 9.17) is 4.74 Å². The Labute approximate surface area is 94.4 Å². The molecule has 3 heteroatoms. The fraction of sp³-hybridized carbons (Fsp3) is 0.308. The third kappa shape index (κ3) is 1.48. The van der Waals surface area contributed by atoms with Crippen molar-refractivity contribution in [2.75, 3.05) is 7.11 Å². The number of rotatable bonds is 3. The normalized spacial score (nSPS) is 11.0. The standard InChI is InChI=1S/C13H15NO2/c1-8(2)10-4-5-11-12(13(10)16-3)9(7-15)6-14-11/h4-8,14H,1-3H3. The molecule has 0 spiro atoms. The number of nitrogens with one attached hydrogen (secondary N) is 1. The second-order valence-corrected chi connectivity index (χ2v) is 4.13. The van der Waals surface area contributed by atoms with Crippen LogP contribution in [-0.2, 0) is 0 Å². The molecule has 1 N–H and O–H groups in total. The maximum atomic E-state index is 11.0. The number of carbonyl (C=O) groups is 1. The summed E-state index contributed by atoms with van der Waals surface area (Å²) < 4.78 is 5.44. The minimum absolute atomic E-state index is 0.369. The molecule has 1 aromatic carbocycles. The summed E-state index contributed by atoms with van der Waals surface area (Å²) in [6.45, 7) is 4.22. The van der Waals surface area contributed by atoms with Crippen molar-refractivity contribution in [3.63, 3.8) is 0 Å². The molecule has 3 nitrogen and oxygen atoms in total. The predicted molar refractivity (Wildman–Crippen MR) is 64.3 cm³/mol.